The Morgan fingerprint density at radius 1 is 1.80 bits per heavy atom. The summed E-state index contributed by atoms with van der Waals surface area (Å²) >= 11 is 0. The number of aliphatic hydroxyl groups is 1. The first kappa shape index (κ1) is 10.2. The molecule has 1 fully saturated rings. The van der Waals surface area contributed by atoms with Gasteiger partial charge in [-0.15, -0.1) is 0 Å². The second-order valence-electron chi connectivity index (χ2n) is 4.01. The van der Waals surface area contributed by atoms with E-state index in [2.05, 4.69) is 10.2 Å². The number of likely N-dealkylation sites (tertiary alicyclic amines) is 1. The number of carbonyl (C=O) groups excluding carboxylic acids is 1. The van der Waals surface area contributed by atoms with Gasteiger partial charge in [0.2, 0.25) is 0 Å². The van der Waals surface area contributed by atoms with Crippen LogP contribution in [-0.4, -0.2) is 45.3 Å². The van der Waals surface area contributed by atoms with Gasteiger partial charge < -0.3 is 10.0 Å². The van der Waals surface area contributed by atoms with Gasteiger partial charge in [0, 0.05) is 25.2 Å². The molecule has 5 heteroatoms. The molecule has 1 aromatic heterocycles. The lowest BCUT2D eigenvalue weighted by Crippen LogP contribution is -2.30. The number of rotatable bonds is 2. The third-order valence-electron chi connectivity index (χ3n) is 2.93. The van der Waals surface area contributed by atoms with E-state index in [1.165, 1.54) is 0 Å². The molecule has 0 aliphatic carbocycles. The number of H-pyrrole nitrogens is 1. The lowest BCUT2D eigenvalue weighted by atomic mass is 10.0. The number of aliphatic hydroxyl groups excluding tert-OH is 1. The van der Waals surface area contributed by atoms with Crippen molar-refractivity contribution in [1.82, 2.24) is 15.1 Å². The molecule has 2 unspecified atom stereocenters. The first-order valence-corrected chi connectivity index (χ1v) is 5.15. The lowest BCUT2D eigenvalue weighted by molar-refractivity contribution is 0.0757. The number of amides is 1. The third-order valence-corrected chi connectivity index (χ3v) is 2.93. The highest BCUT2D eigenvalue weighted by Gasteiger charge is 2.29. The van der Waals surface area contributed by atoms with Crippen LogP contribution in [0.4, 0.5) is 0 Å². The van der Waals surface area contributed by atoms with Crippen LogP contribution in [0.2, 0.25) is 0 Å². The minimum absolute atomic E-state index is 0.0318. The van der Waals surface area contributed by atoms with Crippen molar-refractivity contribution >= 4 is 5.91 Å². The summed E-state index contributed by atoms with van der Waals surface area (Å²) in [5.74, 6) is 0.174. The van der Waals surface area contributed by atoms with Gasteiger partial charge in [-0.2, -0.15) is 5.10 Å². The van der Waals surface area contributed by atoms with Crippen LogP contribution in [0.15, 0.2) is 12.3 Å². The zero-order chi connectivity index (χ0) is 10.8. The molecule has 0 bridgehead atoms. The molecule has 2 rings (SSSR count). The number of hydrogen-bond donors (Lipinski definition) is 2. The molecule has 1 aliphatic rings. The van der Waals surface area contributed by atoms with E-state index in [9.17, 15) is 9.90 Å². The standard InChI is InChI=1S/C10H15N3O2/c1-7(14)8-3-5-13(6-8)10(15)9-2-4-11-12-9/h2,4,7-8,14H,3,5-6H2,1H3,(H,11,12). The molecule has 82 valence electrons. The minimum atomic E-state index is -0.343. The molecular formula is C10H15N3O2. The molecule has 0 spiro atoms. The predicted molar refractivity (Wildman–Crippen MR) is 54.3 cm³/mol. The zero-order valence-corrected chi connectivity index (χ0v) is 8.68. The van der Waals surface area contributed by atoms with Crippen molar-refractivity contribution < 1.29 is 9.90 Å². The fourth-order valence-electron chi connectivity index (χ4n) is 1.91. The van der Waals surface area contributed by atoms with Crippen LogP contribution < -0.4 is 0 Å². The Morgan fingerprint density at radius 2 is 2.60 bits per heavy atom. The highest BCUT2D eigenvalue weighted by molar-refractivity contribution is 5.92. The average molecular weight is 209 g/mol. The molecule has 2 N–H and O–H groups in total. The van der Waals surface area contributed by atoms with E-state index in [4.69, 9.17) is 0 Å². The number of nitrogens with one attached hydrogen (secondary N) is 1. The van der Waals surface area contributed by atoms with Crippen molar-refractivity contribution in [3.05, 3.63) is 18.0 Å². The van der Waals surface area contributed by atoms with Gasteiger partial charge in [-0.05, 0) is 19.4 Å². The fraction of sp³-hybridized carbons (Fsp3) is 0.600. The third kappa shape index (κ3) is 2.02. The summed E-state index contributed by atoms with van der Waals surface area (Å²) in [6.45, 7) is 3.12. The minimum Gasteiger partial charge on any atom is -0.393 e. The zero-order valence-electron chi connectivity index (χ0n) is 8.68. The van der Waals surface area contributed by atoms with E-state index in [-0.39, 0.29) is 17.9 Å². The molecule has 2 atom stereocenters. The number of aromatic nitrogens is 2. The maximum Gasteiger partial charge on any atom is 0.271 e. The average Bonchev–Trinajstić information content (AvgIpc) is 2.88. The monoisotopic (exact) mass is 209 g/mol. The molecule has 2 heterocycles. The van der Waals surface area contributed by atoms with Gasteiger partial charge in [-0.25, -0.2) is 0 Å². The first-order valence-electron chi connectivity index (χ1n) is 5.15. The van der Waals surface area contributed by atoms with E-state index in [0.29, 0.717) is 18.8 Å². The van der Waals surface area contributed by atoms with Crippen LogP contribution in [0.3, 0.4) is 0 Å². The molecule has 1 aromatic rings. The number of hydrogen-bond acceptors (Lipinski definition) is 3. The summed E-state index contributed by atoms with van der Waals surface area (Å²) in [6.07, 6.45) is 2.09. The summed E-state index contributed by atoms with van der Waals surface area (Å²) in [5, 5.41) is 15.8. The SMILES string of the molecule is CC(O)C1CCN(C(=O)c2ccn[nH]2)C1. The Labute approximate surface area is 88.1 Å². The van der Waals surface area contributed by atoms with Crippen LogP contribution in [0.5, 0.6) is 0 Å². The fourth-order valence-corrected chi connectivity index (χ4v) is 1.91. The van der Waals surface area contributed by atoms with Crippen LogP contribution in [0.1, 0.15) is 23.8 Å². The summed E-state index contributed by atoms with van der Waals surface area (Å²) in [4.78, 5) is 13.6. The van der Waals surface area contributed by atoms with Crippen molar-refractivity contribution in [1.29, 1.82) is 0 Å². The Balaban J connectivity index is 1.99. The van der Waals surface area contributed by atoms with E-state index >= 15 is 0 Å². The van der Waals surface area contributed by atoms with Gasteiger partial charge >= 0.3 is 0 Å². The molecule has 1 amide bonds. The highest BCUT2D eigenvalue weighted by atomic mass is 16.3. The van der Waals surface area contributed by atoms with Crippen molar-refractivity contribution in [2.75, 3.05) is 13.1 Å². The second kappa shape index (κ2) is 4.02. The Morgan fingerprint density at radius 3 is 3.13 bits per heavy atom. The molecule has 15 heavy (non-hydrogen) atoms. The Hall–Kier alpha value is -1.36. The summed E-state index contributed by atoms with van der Waals surface area (Å²) < 4.78 is 0. The predicted octanol–water partition coefficient (Wildman–Crippen LogP) is 0.253. The second-order valence-corrected chi connectivity index (χ2v) is 4.01. The van der Waals surface area contributed by atoms with Gasteiger partial charge in [-0.1, -0.05) is 0 Å². The first-order chi connectivity index (χ1) is 7.18. The molecule has 5 nitrogen and oxygen atoms in total. The normalized spacial score (nSPS) is 23.1. The molecule has 0 saturated carbocycles. The molecule has 0 aromatic carbocycles. The van der Waals surface area contributed by atoms with Crippen LogP contribution >= 0.6 is 0 Å². The highest BCUT2D eigenvalue weighted by Crippen LogP contribution is 2.20. The van der Waals surface area contributed by atoms with E-state index in [1.807, 2.05) is 0 Å². The largest absolute Gasteiger partial charge is 0.393 e. The van der Waals surface area contributed by atoms with E-state index < -0.39 is 0 Å². The van der Waals surface area contributed by atoms with Crippen molar-refractivity contribution in [3.63, 3.8) is 0 Å². The summed E-state index contributed by atoms with van der Waals surface area (Å²) in [7, 11) is 0. The maximum atomic E-state index is 11.8. The molecule has 1 saturated heterocycles. The number of nitrogens with zero attached hydrogens (tertiary/aromatic N) is 2. The Bertz CT molecular complexity index is 334. The smallest absolute Gasteiger partial charge is 0.271 e. The topological polar surface area (TPSA) is 69.2 Å². The van der Waals surface area contributed by atoms with Crippen LogP contribution in [0, 0.1) is 5.92 Å². The quantitative estimate of drug-likeness (QED) is 0.733. The number of carbonyl (C=O) groups is 1. The van der Waals surface area contributed by atoms with Gasteiger partial charge in [0.15, 0.2) is 0 Å². The Kier molecular flexibility index (Phi) is 2.73. The van der Waals surface area contributed by atoms with Gasteiger partial charge in [0.25, 0.3) is 5.91 Å². The van der Waals surface area contributed by atoms with Crippen LogP contribution in [-0.2, 0) is 0 Å². The summed E-state index contributed by atoms with van der Waals surface area (Å²) in [6, 6.07) is 1.66. The van der Waals surface area contributed by atoms with E-state index in [0.717, 1.165) is 6.42 Å². The molecular weight excluding hydrogens is 194 g/mol. The number of aromatic amines is 1. The molecule has 1 aliphatic heterocycles. The van der Waals surface area contributed by atoms with Crippen molar-refractivity contribution in [3.8, 4) is 0 Å². The van der Waals surface area contributed by atoms with Crippen molar-refractivity contribution in [2.24, 2.45) is 5.92 Å². The van der Waals surface area contributed by atoms with E-state index in [1.54, 1.807) is 24.1 Å². The maximum absolute atomic E-state index is 11.8. The van der Waals surface area contributed by atoms with Crippen molar-refractivity contribution in [2.45, 2.75) is 19.4 Å². The lowest BCUT2D eigenvalue weighted by Gasteiger charge is -2.16. The van der Waals surface area contributed by atoms with Gasteiger partial charge in [-0.3, -0.25) is 9.89 Å². The van der Waals surface area contributed by atoms with Gasteiger partial charge in [0.05, 0.1) is 6.10 Å². The van der Waals surface area contributed by atoms with Crippen LogP contribution in [0.25, 0.3) is 0 Å². The summed E-state index contributed by atoms with van der Waals surface area (Å²) in [5.41, 5.74) is 0.515. The molecule has 0 radical (unpaired) electrons. The van der Waals surface area contributed by atoms with Gasteiger partial charge in [0.1, 0.15) is 5.69 Å².